The number of hydrogen-bond acceptors (Lipinski definition) is 6. The average Bonchev–Trinajstić information content (AvgIpc) is 2.89. The Morgan fingerprint density at radius 1 is 0.971 bits per heavy atom. The minimum absolute atomic E-state index is 0.689. The third kappa shape index (κ3) is 5.35. The third-order valence-corrected chi connectivity index (χ3v) is 6.17. The Hall–Kier alpha value is -3.48. The van der Waals surface area contributed by atoms with Gasteiger partial charge >= 0.3 is 0 Å². The summed E-state index contributed by atoms with van der Waals surface area (Å²) in [5, 5.41) is 7.00. The Balaban J connectivity index is 1.40. The zero-order valence-corrected chi connectivity index (χ0v) is 19.5. The van der Waals surface area contributed by atoms with Crippen LogP contribution in [0.15, 0.2) is 60.7 Å². The fraction of sp³-hybridized carbons (Fsp3) is 0.286. The predicted molar refractivity (Wildman–Crippen MR) is 139 cm³/mol. The lowest BCUT2D eigenvalue weighted by Crippen LogP contribution is -2.37. The van der Waals surface area contributed by atoms with E-state index >= 15 is 0 Å². The number of methoxy groups -OCH3 is 1. The van der Waals surface area contributed by atoms with Crippen molar-refractivity contribution in [3.05, 3.63) is 72.1 Å². The van der Waals surface area contributed by atoms with E-state index in [0.717, 1.165) is 73.8 Å². The number of ether oxygens (including phenoxy) is 2. The predicted octanol–water partition coefficient (Wildman–Crippen LogP) is 5.10. The number of aromatic nitrogens is 2. The number of morpholine rings is 1. The summed E-state index contributed by atoms with van der Waals surface area (Å²) in [6, 6.07) is 20.7. The van der Waals surface area contributed by atoms with Crippen LogP contribution in [-0.2, 0) is 4.74 Å². The second-order valence-corrected chi connectivity index (χ2v) is 8.49. The molecule has 0 bridgehead atoms. The van der Waals surface area contributed by atoms with Gasteiger partial charge in [0.1, 0.15) is 11.6 Å². The standard InChI is InChI=1S/C28H30N4O2/c1-33-24-10-7-21(8-11-24)9-12-27-30-26-20-23-6-3-2-5-22(23)19-25(26)28(31-27)29-13-4-14-32-15-17-34-18-16-32/h2-3,5-12,19-20H,4,13-18H2,1H3,(H,29,30,31)/b12-9+. The number of anilines is 1. The summed E-state index contributed by atoms with van der Waals surface area (Å²) >= 11 is 0. The van der Waals surface area contributed by atoms with Crippen molar-refractivity contribution < 1.29 is 9.47 Å². The topological polar surface area (TPSA) is 59.5 Å². The fourth-order valence-corrected chi connectivity index (χ4v) is 4.26. The van der Waals surface area contributed by atoms with Crippen LogP contribution in [0.1, 0.15) is 17.8 Å². The summed E-state index contributed by atoms with van der Waals surface area (Å²) in [4.78, 5) is 12.2. The zero-order valence-electron chi connectivity index (χ0n) is 19.5. The van der Waals surface area contributed by atoms with Crippen molar-refractivity contribution in [3.63, 3.8) is 0 Å². The summed E-state index contributed by atoms with van der Waals surface area (Å²) in [6.45, 7) is 5.62. The number of rotatable bonds is 8. The monoisotopic (exact) mass is 454 g/mol. The van der Waals surface area contributed by atoms with Gasteiger partial charge in [0.2, 0.25) is 0 Å². The molecule has 0 atom stereocenters. The van der Waals surface area contributed by atoms with Gasteiger partial charge < -0.3 is 14.8 Å². The van der Waals surface area contributed by atoms with Crippen LogP contribution < -0.4 is 10.1 Å². The number of fused-ring (bicyclic) bond motifs is 2. The molecule has 1 fully saturated rings. The van der Waals surface area contributed by atoms with Gasteiger partial charge in [0.15, 0.2) is 5.82 Å². The highest BCUT2D eigenvalue weighted by atomic mass is 16.5. The maximum Gasteiger partial charge on any atom is 0.154 e. The molecule has 3 aromatic carbocycles. The molecule has 0 saturated carbocycles. The van der Waals surface area contributed by atoms with E-state index in [9.17, 15) is 0 Å². The maximum atomic E-state index is 5.45. The first kappa shape index (κ1) is 22.3. The number of benzene rings is 3. The minimum Gasteiger partial charge on any atom is -0.497 e. The minimum atomic E-state index is 0.689. The van der Waals surface area contributed by atoms with E-state index in [0.29, 0.717) is 5.82 Å². The molecule has 1 N–H and O–H groups in total. The van der Waals surface area contributed by atoms with Crippen LogP contribution in [0, 0.1) is 0 Å². The van der Waals surface area contributed by atoms with Crippen LogP contribution in [0.3, 0.4) is 0 Å². The molecule has 2 heterocycles. The van der Waals surface area contributed by atoms with Gasteiger partial charge in [-0.1, -0.05) is 42.5 Å². The van der Waals surface area contributed by atoms with Gasteiger partial charge in [-0.2, -0.15) is 0 Å². The highest BCUT2D eigenvalue weighted by molar-refractivity contribution is 6.01. The van der Waals surface area contributed by atoms with Crippen molar-refractivity contribution in [1.82, 2.24) is 14.9 Å². The Bertz CT molecular complexity index is 1280. The van der Waals surface area contributed by atoms with Crippen LogP contribution in [0.5, 0.6) is 5.75 Å². The lowest BCUT2D eigenvalue weighted by Gasteiger charge is -2.26. The summed E-state index contributed by atoms with van der Waals surface area (Å²) in [5.41, 5.74) is 2.02. The molecule has 6 heteroatoms. The fourth-order valence-electron chi connectivity index (χ4n) is 4.26. The smallest absolute Gasteiger partial charge is 0.154 e. The van der Waals surface area contributed by atoms with E-state index in [2.05, 4.69) is 46.6 Å². The maximum absolute atomic E-state index is 5.45. The van der Waals surface area contributed by atoms with Gasteiger partial charge in [-0.15, -0.1) is 0 Å². The zero-order chi connectivity index (χ0) is 23.2. The molecule has 0 amide bonds. The van der Waals surface area contributed by atoms with Crippen molar-refractivity contribution in [3.8, 4) is 5.75 Å². The number of hydrogen-bond donors (Lipinski definition) is 1. The highest BCUT2D eigenvalue weighted by Crippen LogP contribution is 2.27. The molecule has 1 saturated heterocycles. The molecule has 5 rings (SSSR count). The second-order valence-electron chi connectivity index (χ2n) is 8.49. The number of nitrogens with zero attached hydrogens (tertiary/aromatic N) is 3. The molecule has 1 aliphatic rings. The number of nitrogens with one attached hydrogen (secondary N) is 1. The van der Waals surface area contributed by atoms with Gasteiger partial charge in [-0.05, 0) is 59.6 Å². The lowest BCUT2D eigenvalue weighted by atomic mass is 10.1. The second kappa shape index (κ2) is 10.6. The molecule has 4 aromatic rings. The molecule has 0 aliphatic carbocycles. The molecule has 6 nitrogen and oxygen atoms in total. The lowest BCUT2D eigenvalue weighted by molar-refractivity contribution is 0.0378. The molecular formula is C28H30N4O2. The SMILES string of the molecule is COc1ccc(/C=C/c2nc(NCCCN3CCOCC3)c3cc4ccccc4cc3n2)cc1. The summed E-state index contributed by atoms with van der Waals surface area (Å²) in [7, 11) is 1.67. The molecule has 0 spiro atoms. The van der Waals surface area contributed by atoms with E-state index in [4.69, 9.17) is 19.4 Å². The van der Waals surface area contributed by atoms with Gasteiger partial charge in [0.05, 0.1) is 25.8 Å². The van der Waals surface area contributed by atoms with Crippen molar-refractivity contribution in [2.45, 2.75) is 6.42 Å². The van der Waals surface area contributed by atoms with Crippen molar-refractivity contribution in [1.29, 1.82) is 0 Å². The van der Waals surface area contributed by atoms with Crippen molar-refractivity contribution in [2.24, 2.45) is 0 Å². The van der Waals surface area contributed by atoms with Crippen LogP contribution in [0.25, 0.3) is 33.8 Å². The van der Waals surface area contributed by atoms with Gasteiger partial charge in [0, 0.05) is 25.0 Å². The molecule has 1 aromatic heterocycles. The Kier molecular flexibility index (Phi) is 6.98. The van der Waals surface area contributed by atoms with E-state index in [1.54, 1.807) is 7.11 Å². The van der Waals surface area contributed by atoms with Gasteiger partial charge in [0.25, 0.3) is 0 Å². The van der Waals surface area contributed by atoms with E-state index in [1.807, 2.05) is 36.4 Å². The Labute approximate surface area is 200 Å². The molecule has 174 valence electrons. The van der Waals surface area contributed by atoms with Crippen molar-refractivity contribution >= 4 is 39.6 Å². The summed E-state index contributed by atoms with van der Waals surface area (Å²) < 4.78 is 10.7. The quantitative estimate of drug-likeness (QED) is 0.295. The molecule has 1 aliphatic heterocycles. The van der Waals surface area contributed by atoms with E-state index < -0.39 is 0 Å². The van der Waals surface area contributed by atoms with Gasteiger partial charge in [-0.3, -0.25) is 4.90 Å². The third-order valence-electron chi connectivity index (χ3n) is 6.17. The van der Waals surface area contributed by atoms with Crippen LogP contribution >= 0.6 is 0 Å². The highest BCUT2D eigenvalue weighted by Gasteiger charge is 2.11. The first-order valence-corrected chi connectivity index (χ1v) is 11.9. The molecule has 0 radical (unpaired) electrons. The van der Waals surface area contributed by atoms with Crippen LogP contribution in [0.4, 0.5) is 5.82 Å². The Morgan fingerprint density at radius 2 is 1.74 bits per heavy atom. The van der Waals surface area contributed by atoms with Crippen LogP contribution in [-0.4, -0.2) is 61.4 Å². The average molecular weight is 455 g/mol. The van der Waals surface area contributed by atoms with Crippen molar-refractivity contribution in [2.75, 3.05) is 51.8 Å². The normalized spacial score (nSPS) is 14.7. The summed E-state index contributed by atoms with van der Waals surface area (Å²) in [6.07, 6.45) is 5.05. The van der Waals surface area contributed by atoms with E-state index in [-0.39, 0.29) is 0 Å². The van der Waals surface area contributed by atoms with E-state index in [1.165, 1.54) is 10.8 Å². The largest absolute Gasteiger partial charge is 0.497 e. The molecular weight excluding hydrogens is 424 g/mol. The summed E-state index contributed by atoms with van der Waals surface area (Å²) in [5.74, 6) is 2.41. The molecule has 0 unspecified atom stereocenters. The first-order chi connectivity index (χ1) is 16.8. The van der Waals surface area contributed by atoms with Gasteiger partial charge in [-0.25, -0.2) is 9.97 Å². The first-order valence-electron chi connectivity index (χ1n) is 11.9. The molecule has 34 heavy (non-hydrogen) atoms. The van der Waals surface area contributed by atoms with Crippen LogP contribution in [0.2, 0.25) is 0 Å². The Morgan fingerprint density at radius 3 is 2.50 bits per heavy atom.